The zero-order chi connectivity index (χ0) is 16.7. The van der Waals surface area contributed by atoms with E-state index >= 15 is 0 Å². The van der Waals surface area contributed by atoms with Crippen molar-refractivity contribution in [3.63, 3.8) is 0 Å². The molecule has 136 valence electrons. The van der Waals surface area contributed by atoms with Crippen molar-refractivity contribution in [1.29, 1.82) is 0 Å². The summed E-state index contributed by atoms with van der Waals surface area (Å²) in [6, 6.07) is 10.3. The Morgan fingerprint density at radius 3 is 2.62 bits per heavy atom. The fraction of sp³-hybridized carbons (Fsp3) is 0.611. The van der Waals surface area contributed by atoms with Crippen LogP contribution < -0.4 is 10.6 Å². The van der Waals surface area contributed by atoms with E-state index in [-0.39, 0.29) is 24.0 Å². The lowest BCUT2D eigenvalue weighted by Crippen LogP contribution is -2.44. The number of benzene rings is 1. The topological polar surface area (TPSA) is 59.9 Å². The molecule has 24 heavy (non-hydrogen) atoms. The second kappa shape index (κ2) is 10.2. The van der Waals surface area contributed by atoms with Gasteiger partial charge in [0, 0.05) is 19.1 Å². The van der Waals surface area contributed by atoms with Gasteiger partial charge >= 0.3 is 0 Å². The number of likely N-dealkylation sites (N-methyl/N-ethyl adjacent to an activating group) is 1. The molecule has 6 heteroatoms. The summed E-state index contributed by atoms with van der Waals surface area (Å²) in [5.41, 5.74) is -0.0801. The van der Waals surface area contributed by atoms with E-state index in [4.69, 9.17) is 0 Å². The molecule has 0 aromatic heterocycles. The normalized spacial score (nSPS) is 21.0. The molecule has 2 unspecified atom stereocenters. The minimum atomic E-state index is -0.965. The van der Waals surface area contributed by atoms with Gasteiger partial charge in [0.05, 0.1) is 6.54 Å². The van der Waals surface area contributed by atoms with Crippen molar-refractivity contribution in [2.24, 2.45) is 4.99 Å². The van der Waals surface area contributed by atoms with E-state index in [0.717, 1.165) is 24.6 Å². The third-order valence-electron chi connectivity index (χ3n) is 4.46. The Labute approximate surface area is 162 Å². The number of aliphatic imine (C=N–C) groups is 1. The molecule has 1 aromatic rings. The minimum Gasteiger partial charge on any atom is -0.384 e. The van der Waals surface area contributed by atoms with Gasteiger partial charge in [-0.05, 0) is 45.8 Å². The Morgan fingerprint density at radius 2 is 2.04 bits per heavy atom. The van der Waals surface area contributed by atoms with Crippen LogP contribution >= 0.6 is 24.0 Å². The number of likely N-dealkylation sites (tertiary alicyclic amines) is 1. The van der Waals surface area contributed by atoms with Gasteiger partial charge in [0.1, 0.15) is 5.60 Å². The van der Waals surface area contributed by atoms with Crippen molar-refractivity contribution in [2.75, 3.05) is 33.2 Å². The highest BCUT2D eigenvalue weighted by Crippen LogP contribution is 2.20. The first-order valence-corrected chi connectivity index (χ1v) is 8.53. The average molecular weight is 446 g/mol. The van der Waals surface area contributed by atoms with E-state index in [9.17, 15) is 5.11 Å². The summed E-state index contributed by atoms with van der Waals surface area (Å²) in [5, 5.41) is 17.3. The highest BCUT2D eigenvalue weighted by atomic mass is 127. The molecule has 0 spiro atoms. The predicted octanol–water partition coefficient (Wildman–Crippen LogP) is 2.16. The highest BCUT2D eigenvalue weighted by Gasteiger charge is 2.23. The summed E-state index contributed by atoms with van der Waals surface area (Å²) >= 11 is 0. The molecule has 0 bridgehead atoms. The predicted molar refractivity (Wildman–Crippen MR) is 111 cm³/mol. The summed E-state index contributed by atoms with van der Waals surface area (Å²) < 4.78 is 0. The molecule has 1 aliphatic heterocycles. The first-order valence-electron chi connectivity index (χ1n) is 8.53. The largest absolute Gasteiger partial charge is 0.384 e. The van der Waals surface area contributed by atoms with Crippen molar-refractivity contribution in [3.05, 3.63) is 35.9 Å². The Bertz CT molecular complexity index is 507. The molecule has 2 atom stereocenters. The third kappa shape index (κ3) is 6.22. The van der Waals surface area contributed by atoms with Crippen LogP contribution in [0.2, 0.25) is 0 Å². The Morgan fingerprint density at radius 1 is 1.33 bits per heavy atom. The third-order valence-corrected chi connectivity index (χ3v) is 4.46. The lowest BCUT2D eigenvalue weighted by Gasteiger charge is -2.24. The second-order valence-electron chi connectivity index (χ2n) is 6.49. The van der Waals surface area contributed by atoms with Crippen LogP contribution in [0.1, 0.15) is 32.3 Å². The number of hydrogen-bond donors (Lipinski definition) is 3. The molecule has 5 nitrogen and oxygen atoms in total. The van der Waals surface area contributed by atoms with E-state index in [2.05, 4.69) is 27.6 Å². The second-order valence-corrected chi connectivity index (χ2v) is 6.49. The van der Waals surface area contributed by atoms with Crippen LogP contribution in [-0.2, 0) is 5.60 Å². The van der Waals surface area contributed by atoms with E-state index in [1.54, 1.807) is 6.92 Å². The number of guanidine groups is 1. The van der Waals surface area contributed by atoms with Gasteiger partial charge in [-0.2, -0.15) is 0 Å². The van der Waals surface area contributed by atoms with Crippen molar-refractivity contribution < 1.29 is 5.11 Å². The van der Waals surface area contributed by atoms with Gasteiger partial charge in [-0.25, -0.2) is 4.99 Å². The minimum absolute atomic E-state index is 0. The Hall–Kier alpha value is -0.860. The number of hydrogen-bond acceptors (Lipinski definition) is 3. The van der Waals surface area contributed by atoms with E-state index < -0.39 is 5.60 Å². The SMILES string of the molecule is CCNC(=NCC(C)(O)c1ccccc1)NCC1CCCN1C.I. The number of halogens is 1. The van der Waals surface area contributed by atoms with Crippen molar-refractivity contribution in [3.8, 4) is 0 Å². The molecule has 2 rings (SSSR count). The monoisotopic (exact) mass is 446 g/mol. The summed E-state index contributed by atoms with van der Waals surface area (Å²) in [5.74, 6) is 0.768. The van der Waals surface area contributed by atoms with Crippen molar-refractivity contribution >= 4 is 29.9 Å². The van der Waals surface area contributed by atoms with Gasteiger partial charge in [0.25, 0.3) is 0 Å². The van der Waals surface area contributed by atoms with Gasteiger partial charge in [0.15, 0.2) is 5.96 Å². The first-order chi connectivity index (χ1) is 11.0. The molecule has 3 N–H and O–H groups in total. The van der Waals surface area contributed by atoms with Crippen LogP contribution in [0.15, 0.2) is 35.3 Å². The molecule has 0 radical (unpaired) electrons. The van der Waals surface area contributed by atoms with Crippen LogP contribution in [-0.4, -0.2) is 55.2 Å². The van der Waals surface area contributed by atoms with Crippen molar-refractivity contribution in [1.82, 2.24) is 15.5 Å². The molecule has 1 aromatic carbocycles. The summed E-state index contributed by atoms with van der Waals surface area (Å²) in [6.07, 6.45) is 2.49. The van der Waals surface area contributed by atoms with Crippen LogP contribution in [0.25, 0.3) is 0 Å². The van der Waals surface area contributed by atoms with Crippen LogP contribution in [0, 0.1) is 0 Å². The molecule has 0 aliphatic carbocycles. The zero-order valence-corrected chi connectivity index (χ0v) is 17.3. The molecule has 1 fully saturated rings. The van der Waals surface area contributed by atoms with E-state index in [0.29, 0.717) is 12.6 Å². The highest BCUT2D eigenvalue weighted by molar-refractivity contribution is 14.0. The molecule has 1 heterocycles. The quantitative estimate of drug-likeness (QED) is 0.356. The number of aliphatic hydroxyl groups is 1. The van der Waals surface area contributed by atoms with Crippen LogP contribution in [0.4, 0.5) is 0 Å². The maximum atomic E-state index is 10.7. The van der Waals surface area contributed by atoms with E-state index in [1.165, 1.54) is 19.4 Å². The molecule has 1 aliphatic rings. The van der Waals surface area contributed by atoms with Gasteiger partial charge in [0.2, 0.25) is 0 Å². The Kier molecular flexibility index (Phi) is 9.01. The summed E-state index contributed by atoms with van der Waals surface area (Å²) in [7, 11) is 2.17. The average Bonchev–Trinajstić information content (AvgIpc) is 2.96. The summed E-state index contributed by atoms with van der Waals surface area (Å²) in [6.45, 7) is 7.04. The molecule has 0 amide bonds. The van der Waals surface area contributed by atoms with Crippen LogP contribution in [0.5, 0.6) is 0 Å². The van der Waals surface area contributed by atoms with Gasteiger partial charge in [-0.1, -0.05) is 30.3 Å². The fourth-order valence-corrected chi connectivity index (χ4v) is 2.91. The first kappa shape index (κ1) is 21.2. The fourth-order valence-electron chi connectivity index (χ4n) is 2.91. The molecular weight excluding hydrogens is 415 g/mol. The number of rotatable bonds is 6. The number of nitrogens with one attached hydrogen (secondary N) is 2. The molecule has 1 saturated heterocycles. The zero-order valence-electron chi connectivity index (χ0n) is 15.0. The van der Waals surface area contributed by atoms with E-state index in [1.807, 2.05) is 37.3 Å². The lowest BCUT2D eigenvalue weighted by molar-refractivity contribution is 0.0672. The van der Waals surface area contributed by atoms with Gasteiger partial charge in [-0.15, -0.1) is 24.0 Å². The molecular formula is C18H31IN4O. The van der Waals surface area contributed by atoms with Crippen LogP contribution in [0.3, 0.4) is 0 Å². The van der Waals surface area contributed by atoms with Gasteiger partial charge in [-0.3, -0.25) is 0 Å². The smallest absolute Gasteiger partial charge is 0.191 e. The van der Waals surface area contributed by atoms with Crippen molar-refractivity contribution in [2.45, 2.75) is 38.3 Å². The van der Waals surface area contributed by atoms with Gasteiger partial charge < -0.3 is 20.6 Å². The lowest BCUT2D eigenvalue weighted by atomic mass is 9.96. The Balaban J connectivity index is 0.00000288. The summed E-state index contributed by atoms with van der Waals surface area (Å²) in [4.78, 5) is 6.96. The molecule has 0 saturated carbocycles. The standard InChI is InChI=1S/C18H30N4O.HI/c1-4-19-17(20-13-16-11-8-12-22(16)3)21-14-18(2,23)15-9-6-5-7-10-15;/h5-7,9-10,16,23H,4,8,11-14H2,1-3H3,(H2,19,20,21);1H. The number of nitrogens with zero attached hydrogens (tertiary/aromatic N) is 2. The maximum absolute atomic E-state index is 10.7. The maximum Gasteiger partial charge on any atom is 0.191 e.